The number of para-hydroxylation sites is 1. The van der Waals surface area contributed by atoms with Crippen LogP contribution in [-0.2, 0) is 11.3 Å². The van der Waals surface area contributed by atoms with E-state index >= 15 is 0 Å². The number of benzene rings is 2. The lowest BCUT2D eigenvalue weighted by Crippen LogP contribution is -2.28. The molecule has 0 aliphatic heterocycles. The topological polar surface area (TPSA) is 64.1 Å². The summed E-state index contributed by atoms with van der Waals surface area (Å²) in [7, 11) is 0. The number of aromatic nitrogens is 2. The number of carbonyl (C=O) groups excluding carboxylic acids is 1. The van der Waals surface area contributed by atoms with Gasteiger partial charge in [-0.15, -0.1) is 0 Å². The maximum Gasteiger partial charge on any atom is 0.258 e. The number of halogens is 1. The standard InChI is InChI=1S/C18H16FN3O2/c1-12-21-16-5-3-2-4-15(16)18(22-12)24-11-17(23)20-10-13-6-8-14(19)9-7-13/h2-9H,10-11H2,1H3,(H,20,23). The molecule has 1 amide bonds. The summed E-state index contributed by atoms with van der Waals surface area (Å²) >= 11 is 0. The third-order valence-electron chi connectivity index (χ3n) is 3.42. The van der Waals surface area contributed by atoms with E-state index in [2.05, 4.69) is 15.3 Å². The molecule has 1 heterocycles. The third kappa shape index (κ3) is 3.84. The Morgan fingerprint density at radius 3 is 2.67 bits per heavy atom. The molecule has 0 aliphatic rings. The number of aryl methyl sites for hydroxylation is 1. The Morgan fingerprint density at radius 1 is 1.12 bits per heavy atom. The predicted molar refractivity (Wildman–Crippen MR) is 88.0 cm³/mol. The summed E-state index contributed by atoms with van der Waals surface area (Å²) < 4.78 is 18.4. The zero-order valence-corrected chi connectivity index (χ0v) is 13.1. The average Bonchev–Trinajstić information content (AvgIpc) is 2.59. The van der Waals surface area contributed by atoms with Crippen LogP contribution in [0.3, 0.4) is 0 Å². The van der Waals surface area contributed by atoms with Crippen LogP contribution in [0.2, 0.25) is 0 Å². The summed E-state index contributed by atoms with van der Waals surface area (Å²) in [5.74, 6) is 0.379. The molecule has 6 heteroatoms. The number of amides is 1. The first-order valence-electron chi connectivity index (χ1n) is 7.49. The number of rotatable bonds is 5. The van der Waals surface area contributed by atoms with Gasteiger partial charge in [0, 0.05) is 6.54 Å². The van der Waals surface area contributed by atoms with Crippen molar-refractivity contribution in [2.24, 2.45) is 0 Å². The van der Waals surface area contributed by atoms with E-state index < -0.39 is 0 Å². The Balaban J connectivity index is 1.61. The smallest absolute Gasteiger partial charge is 0.258 e. The Kier molecular flexibility index (Phi) is 4.65. The molecule has 1 aromatic heterocycles. The molecule has 0 spiro atoms. The second-order valence-electron chi connectivity index (χ2n) is 5.28. The fraction of sp³-hybridized carbons (Fsp3) is 0.167. The lowest BCUT2D eigenvalue weighted by Gasteiger charge is -2.09. The van der Waals surface area contributed by atoms with Crippen molar-refractivity contribution in [3.05, 3.63) is 65.7 Å². The predicted octanol–water partition coefficient (Wildman–Crippen LogP) is 2.77. The first-order valence-corrected chi connectivity index (χ1v) is 7.49. The molecule has 5 nitrogen and oxygen atoms in total. The van der Waals surface area contributed by atoms with Gasteiger partial charge in [-0.1, -0.05) is 24.3 Å². The van der Waals surface area contributed by atoms with Crippen molar-refractivity contribution in [1.29, 1.82) is 0 Å². The van der Waals surface area contributed by atoms with Gasteiger partial charge in [-0.3, -0.25) is 4.79 Å². The van der Waals surface area contributed by atoms with Crippen LogP contribution >= 0.6 is 0 Å². The van der Waals surface area contributed by atoms with E-state index in [-0.39, 0.29) is 18.3 Å². The van der Waals surface area contributed by atoms with E-state index in [1.54, 1.807) is 19.1 Å². The molecule has 0 radical (unpaired) electrons. The third-order valence-corrected chi connectivity index (χ3v) is 3.42. The maximum absolute atomic E-state index is 12.8. The first kappa shape index (κ1) is 15.9. The van der Waals surface area contributed by atoms with Crippen molar-refractivity contribution in [1.82, 2.24) is 15.3 Å². The molecule has 3 rings (SSSR count). The molecule has 24 heavy (non-hydrogen) atoms. The molecule has 0 unspecified atom stereocenters. The molecule has 0 saturated heterocycles. The molecular formula is C18H16FN3O2. The highest BCUT2D eigenvalue weighted by Gasteiger charge is 2.09. The van der Waals surface area contributed by atoms with Gasteiger partial charge in [0.05, 0.1) is 10.9 Å². The fourth-order valence-electron chi connectivity index (χ4n) is 2.26. The van der Waals surface area contributed by atoms with E-state index in [9.17, 15) is 9.18 Å². The molecule has 0 atom stereocenters. The normalized spacial score (nSPS) is 10.6. The minimum absolute atomic E-state index is 0.151. The minimum Gasteiger partial charge on any atom is -0.467 e. The number of nitrogens with zero attached hydrogens (tertiary/aromatic N) is 2. The highest BCUT2D eigenvalue weighted by atomic mass is 19.1. The van der Waals surface area contributed by atoms with Crippen LogP contribution in [0.1, 0.15) is 11.4 Å². The molecule has 0 saturated carbocycles. The number of ether oxygens (including phenoxy) is 1. The summed E-state index contributed by atoms with van der Waals surface area (Å²) in [6, 6.07) is 13.4. The lowest BCUT2D eigenvalue weighted by atomic mass is 10.2. The average molecular weight is 325 g/mol. The van der Waals surface area contributed by atoms with Gasteiger partial charge in [-0.2, -0.15) is 4.98 Å². The van der Waals surface area contributed by atoms with Gasteiger partial charge >= 0.3 is 0 Å². The zero-order chi connectivity index (χ0) is 16.9. The van der Waals surface area contributed by atoms with E-state index in [4.69, 9.17) is 4.74 Å². The van der Waals surface area contributed by atoms with Gasteiger partial charge in [-0.05, 0) is 36.8 Å². The molecule has 1 N–H and O–H groups in total. The lowest BCUT2D eigenvalue weighted by molar-refractivity contribution is -0.123. The highest BCUT2D eigenvalue weighted by Crippen LogP contribution is 2.21. The number of fused-ring (bicyclic) bond motifs is 1. The monoisotopic (exact) mass is 325 g/mol. The Hall–Kier alpha value is -3.02. The van der Waals surface area contributed by atoms with Crippen LogP contribution in [0.5, 0.6) is 5.88 Å². The summed E-state index contributed by atoms with van der Waals surface area (Å²) in [6.45, 7) is 1.93. The number of nitrogens with one attached hydrogen (secondary N) is 1. The number of hydrogen-bond donors (Lipinski definition) is 1. The summed E-state index contributed by atoms with van der Waals surface area (Å²) in [5, 5.41) is 3.48. The Labute approximate surface area is 138 Å². The van der Waals surface area contributed by atoms with Gasteiger partial charge in [0.2, 0.25) is 5.88 Å². The van der Waals surface area contributed by atoms with Crippen LogP contribution in [0.4, 0.5) is 4.39 Å². The quantitative estimate of drug-likeness (QED) is 0.783. The molecular weight excluding hydrogens is 309 g/mol. The van der Waals surface area contributed by atoms with Crippen LogP contribution in [-0.4, -0.2) is 22.5 Å². The van der Waals surface area contributed by atoms with Crippen molar-refractivity contribution in [2.45, 2.75) is 13.5 Å². The fourth-order valence-corrected chi connectivity index (χ4v) is 2.26. The van der Waals surface area contributed by atoms with Gasteiger partial charge in [0.1, 0.15) is 11.6 Å². The maximum atomic E-state index is 12.8. The van der Waals surface area contributed by atoms with E-state index in [0.717, 1.165) is 16.5 Å². The highest BCUT2D eigenvalue weighted by molar-refractivity contribution is 5.84. The Bertz CT molecular complexity index is 866. The van der Waals surface area contributed by atoms with Crippen molar-refractivity contribution in [2.75, 3.05) is 6.61 Å². The molecule has 2 aromatic carbocycles. The molecule has 0 aliphatic carbocycles. The Morgan fingerprint density at radius 2 is 1.88 bits per heavy atom. The van der Waals surface area contributed by atoms with Crippen LogP contribution < -0.4 is 10.1 Å². The minimum atomic E-state index is -0.306. The van der Waals surface area contributed by atoms with E-state index in [1.807, 2.05) is 24.3 Å². The zero-order valence-electron chi connectivity index (χ0n) is 13.1. The van der Waals surface area contributed by atoms with Gasteiger partial charge in [0.15, 0.2) is 6.61 Å². The largest absolute Gasteiger partial charge is 0.467 e. The molecule has 3 aromatic rings. The summed E-state index contributed by atoms with van der Waals surface area (Å²) in [6.07, 6.45) is 0. The van der Waals surface area contributed by atoms with Crippen molar-refractivity contribution in [3.8, 4) is 5.88 Å². The van der Waals surface area contributed by atoms with Gasteiger partial charge in [-0.25, -0.2) is 9.37 Å². The summed E-state index contributed by atoms with van der Waals surface area (Å²) in [4.78, 5) is 20.5. The van der Waals surface area contributed by atoms with E-state index in [0.29, 0.717) is 18.2 Å². The summed E-state index contributed by atoms with van der Waals surface area (Å²) in [5.41, 5.74) is 1.58. The molecule has 122 valence electrons. The first-order chi connectivity index (χ1) is 11.6. The van der Waals surface area contributed by atoms with Crippen LogP contribution in [0.15, 0.2) is 48.5 Å². The van der Waals surface area contributed by atoms with Gasteiger partial charge < -0.3 is 10.1 Å². The number of hydrogen-bond acceptors (Lipinski definition) is 4. The van der Waals surface area contributed by atoms with Crippen molar-refractivity contribution >= 4 is 16.8 Å². The van der Waals surface area contributed by atoms with Gasteiger partial charge in [0.25, 0.3) is 5.91 Å². The number of carbonyl (C=O) groups is 1. The second-order valence-corrected chi connectivity index (χ2v) is 5.28. The van der Waals surface area contributed by atoms with E-state index in [1.165, 1.54) is 12.1 Å². The van der Waals surface area contributed by atoms with Crippen molar-refractivity contribution < 1.29 is 13.9 Å². The van der Waals surface area contributed by atoms with Crippen LogP contribution in [0, 0.1) is 12.7 Å². The SMILES string of the molecule is Cc1nc(OCC(=O)NCc2ccc(F)cc2)c2ccccc2n1. The molecule has 0 bridgehead atoms. The second kappa shape index (κ2) is 7.04. The van der Waals surface area contributed by atoms with Crippen molar-refractivity contribution in [3.63, 3.8) is 0 Å². The van der Waals surface area contributed by atoms with Crippen LogP contribution in [0.25, 0.3) is 10.9 Å². The molecule has 0 fully saturated rings.